The van der Waals surface area contributed by atoms with Gasteiger partial charge in [-0.05, 0) is 41.5 Å². The maximum atomic E-state index is 12.7. The van der Waals surface area contributed by atoms with Crippen molar-refractivity contribution < 1.29 is 35.8 Å². The highest BCUT2D eigenvalue weighted by Gasteiger charge is 2.36. The molecule has 0 spiro atoms. The molecule has 0 fully saturated rings. The molecule has 0 aliphatic heterocycles. The summed E-state index contributed by atoms with van der Waals surface area (Å²) in [6.45, 7) is 0. The molecule has 1 heterocycles. The van der Waals surface area contributed by atoms with Gasteiger partial charge in [0.05, 0.1) is 47.1 Å². The second-order valence-electron chi connectivity index (χ2n) is 8.18. The molecule has 4 rings (SSSR count). The van der Waals surface area contributed by atoms with Crippen LogP contribution in [0.1, 0.15) is 40.4 Å². The highest BCUT2D eigenvalue weighted by Crippen LogP contribution is 2.49. The van der Waals surface area contributed by atoms with Crippen molar-refractivity contribution in [2.45, 2.75) is 25.1 Å². The Bertz CT molecular complexity index is 1640. The zero-order chi connectivity index (χ0) is 29.1. The topological polar surface area (TPSA) is 116 Å². The molecular weight excluding hydrogens is 540 g/mol. The zero-order valence-corrected chi connectivity index (χ0v) is 19.9. The molecule has 3 aromatic rings. The van der Waals surface area contributed by atoms with Crippen LogP contribution in [-0.2, 0) is 0 Å². The molecule has 1 aliphatic rings. The smallest absolute Gasteiger partial charge is 0.406 e. The lowest BCUT2D eigenvalue weighted by molar-refractivity contribution is -0.275. The van der Waals surface area contributed by atoms with Crippen molar-refractivity contribution in [2.24, 2.45) is 0 Å². The van der Waals surface area contributed by atoms with Crippen molar-refractivity contribution in [3.8, 4) is 29.7 Å². The lowest BCUT2D eigenvalue weighted by Gasteiger charge is -2.14. The van der Waals surface area contributed by atoms with Crippen molar-refractivity contribution in [3.63, 3.8) is 0 Å². The Hall–Kier alpha value is -5.35. The van der Waals surface area contributed by atoms with Crippen LogP contribution in [0.2, 0.25) is 0 Å². The van der Waals surface area contributed by atoms with E-state index < -0.39 is 30.1 Å². The minimum Gasteiger partial charge on any atom is -0.406 e. The molecule has 0 amide bonds. The molecule has 0 saturated carbocycles. The molecule has 1 aliphatic carbocycles. The van der Waals surface area contributed by atoms with Crippen molar-refractivity contribution in [2.75, 3.05) is 0 Å². The third-order valence-corrected chi connectivity index (χ3v) is 5.67. The fraction of sp³-hybridized carbons (Fsp3) is 0.148. The van der Waals surface area contributed by atoms with E-state index in [1.54, 1.807) is 0 Å². The van der Waals surface area contributed by atoms with E-state index in [2.05, 4.69) is 19.4 Å². The standard InChI is InChI=1S/C27H13F6N5O2/c28-26(29,30)39-18-3-1-2-15(9-18)16(11-35)8-17-13-38-24(14-37-17)25-21(6-7-34)20-5-4-19(40-27(31,32)33)10-22(20)23(25)12-36/h1-5,8-10,13-14,21H,6H2/b16-8+. The number of hydrogen-bond acceptors (Lipinski definition) is 7. The molecule has 1 aromatic heterocycles. The fourth-order valence-electron chi connectivity index (χ4n) is 4.20. The summed E-state index contributed by atoms with van der Waals surface area (Å²) in [4.78, 5) is 8.49. The number of hydrogen-bond donors (Lipinski definition) is 0. The quantitative estimate of drug-likeness (QED) is 0.244. The highest BCUT2D eigenvalue weighted by molar-refractivity contribution is 6.04. The van der Waals surface area contributed by atoms with E-state index in [1.807, 2.05) is 18.2 Å². The summed E-state index contributed by atoms with van der Waals surface area (Å²) in [7, 11) is 0. The molecule has 2 aromatic carbocycles. The van der Waals surface area contributed by atoms with Gasteiger partial charge < -0.3 is 9.47 Å². The minimum atomic E-state index is -4.94. The van der Waals surface area contributed by atoms with Crippen LogP contribution < -0.4 is 9.47 Å². The second kappa shape index (κ2) is 10.8. The number of nitrogens with zero attached hydrogens (tertiary/aromatic N) is 5. The van der Waals surface area contributed by atoms with Crippen LogP contribution in [0.5, 0.6) is 11.5 Å². The zero-order valence-electron chi connectivity index (χ0n) is 19.9. The average Bonchev–Trinajstić information content (AvgIpc) is 3.18. The molecule has 200 valence electrons. The van der Waals surface area contributed by atoms with Crippen LogP contribution in [0, 0.1) is 34.0 Å². The number of aromatic nitrogens is 2. The van der Waals surface area contributed by atoms with Crippen molar-refractivity contribution in [1.29, 1.82) is 15.8 Å². The molecule has 0 saturated heterocycles. The Labute approximate surface area is 222 Å². The number of benzene rings is 2. The van der Waals surface area contributed by atoms with Gasteiger partial charge in [0.25, 0.3) is 0 Å². The monoisotopic (exact) mass is 553 g/mol. The second-order valence-corrected chi connectivity index (χ2v) is 8.18. The van der Waals surface area contributed by atoms with Gasteiger partial charge in [-0.15, -0.1) is 26.3 Å². The summed E-state index contributed by atoms with van der Waals surface area (Å²) < 4.78 is 83.7. The average molecular weight is 553 g/mol. The van der Waals surface area contributed by atoms with Gasteiger partial charge in [0, 0.05) is 23.5 Å². The summed E-state index contributed by atoms with van der Waals surface area (Å²) in [5, 5.41) is 28.8. The molecule has 0 N–H and O–H groups in total. The van der Waals surface area contributed by atoms with Gasteiger partial charge in [-0.3, -0.25) is 9.97 Å². The number of allylic oxidation sites excluding steroid dienone is 3. The summed E-state index contributed by atoms with van der Waals surface area (Å²) >= 11 is 0. The van der Waals surface area contributed by atoms with E-state index in [-0.39, 0.29) is 45.7 Å². The van der Waals surface area contributed by atoms with Crippen LogP contribution in [0.15, 0.2) is 54.9 Å². The summed E-state index contributed by atoms with van der Waals surface area (Å²) in [5.41, 5.74) is 1.29. The number of halogens is 6. The molecule has 0 radical (unpaired) electrons. The molecule has 1 unspecified atom stereocenters. The van der Waals surface area contributed by atoms with Crippen LogP contribution in [0.4, 0.5) is 26.3 Å². The van der Waals surface area contributed by atoms with E-state index in [9.17, 15) is 42.1 Å². The SMILES string of the molecule is N#CCC1C(c2cnc(/C=C(\C#N)c3cccc(OC(F)(F)F)c3)cn2)=C(C#N)c2cc(OC(F)(F)F)ccc21. The van der Waals surface area contributed by atoms with E-state index in [0.29, 0.717) is 5.56 Å². The summed E-state index contributed by atoms with van der Waals surface area (Å²) in [6.07, 6.45) is -6.17. The van der Waals surface area contributed by atoms with Crippen molar-refractivity contribution >= 4 is 22.8 Å². The molecule has 13 heteroatoms. The van der Waals surface area contributed by atoms with Gasteiger partial charge in [-0.2, -0.15) is 15.8 Å². The lowest BCUT2D eigenvalue weighted by Crippen LogP contribution is -2.17. The van der Waals surface area contributed by atoms with Gasteiger partial charge in [-0.1, -0.05) is 18.2 Å². The Morgan fingerprint density at radius 2 is 1.60 bits per heavy atom. The Kier molecular flexibility index (Phi) is 7.47. The molecule has 1 atom stereocenters. The maximum absolute atomic E-state index is 12.7. The van der Waals surface area contributed by atoms with Gasteiger partial charge in [0.2, 0.25) is 0 Å². The number of ether oxygens (including phenoxy) is 2. The van der Waals surface area contributed by atoms with E-state index >= 15 is 0 Å². The number of nitriles is 3. The van der Waals surface area contributed by atoms with E-state index in [0.717, 1.165) is 24.3 Å². The Balaban J connectivity index is 1.70. The normalized spacial score (nSPS) is 15.1. The van der Waals surface area contributed by atoms with Crippen molar-refractivity contribution in [1.82, 2.24) is 9.97 Å². The predicted molar refractivity (Wildman–Crippen MR) is 127 cm³/mol. The number of fused-ring (bicyclic) bond motifs is 1. The first-order valence-corrected chi connectivity index (χ1v) is 11.1. The fourth-order valence-corrected chi connectivity index (χ4v) is 4.20. The maximum Gasteiger partial charge on any atom is 0.573 e. The first-order valence-electron chi connectivity index (χ1n) is 11.1. The summed E-state index contributed by atoms with van der Waals surface area (Å²) in [5.74, 6) is -1.73. The van der Waals surface area contributed by atoms with Gasteiger partial charge in [-0.25, -0.2) is 0 Å². The highest BCUT2D eigenvalue weighted by atomic mass is 19.4. The van der Waals surface area contributed by atoms with Crippen LogP contribution in [-0.4, -0.2) is 22.7 Å². The Morgan fingerprint density at radius 3 is 2.17 bits per heavy atom. The largest absolute Gasteiger partial charge is 0.573 e. The predicted octanol–water partition coefficient (Wildman–Crippen LogP) is 6.78. The van der Waals surface area contributed by atoms with Crippen LogP contribution in [0.25, 0.3) is 22.8 Å². The van der Waals surface area contributed by atoms with Crippen molar-refractivity contribution in [3.05, 3.63) is 82.9 Å². The Morgan fingerprint density at radius 1 is 0.900 bits per heavy atom. The van der Waals surface area contributed by atoms with Gasteiger partial charge in [0.1, 0.15) is 17.6 Å². The molecule has 0 bridgehead atoms. The first kappa shape index (κ1) is 27.7. The minimum absolute atomic E-state index is 0.000315. The number of rotatable bonds is 6. The molecule has 7 nitrogen and oxygen atoms in total. The van der Waals surface area contributed by atoms with Crippen LogP contribution in [0.3, 0.4) is 0 Å². The summed E-state index contributed by atoms with van der Waals surface area (Å²) in [6, 6.07) is 14.2. The van der Waals surface area contributed by atoms with Gasteiger partial charge in [0.15, 0.2) is 0 Å². The molecular formula is C27H13F6N5O2. The van der Waals surface area contributed by atoms with E-state index in [4.69, 9.17) is 0 Å². The third kappa shape index (κ3) is 6.20. The number of alkyl halides is 6. The lowest BCUT2D eigenvalue weighted by atomic mass is 9.91. The third-order valence-electron chi connectivity index (χ3n) is 5.67. The van der Waals surface area contributed by atoms with Crippen LogP contribution >= 0.6 is 0 Å². The van der Waals surface area contributed by atoms with Gasteiger partial charge >= 0.3 is 12.7 Å². The first-order chi connectivity index (χ1) is 18.9. The molecule has 40 heavy (non-hydrogen) atoms. The van der Waals surface area contributed by atoms with E-state index in [1.165, 1.54) is 36.7 Å².